The zero-order valence-corrected chi connectivity index (χ0v) is 11.0. The highest BCUT2D eigenvalue weighted by Crippen LogP contribution is 2.19. The van der Waals surface area contributed by atoms with Crippen LogP contribution < -0.4 is 5.32 Å². The fourth-order valence-corrected chi connectivity index (χ4v) is 2.16. The predicted octanol–water partition coefficient (Wildman–Crippen LogP) is 3.20. The Morgan fingerprint density at radius 3 is 2.67 bits per heavy atom. The predicted molar refractivity (Wildman–Crippen MR) is 67.7 cm³/mol. The number of thiazole rings is 1. The molecule has 15 heavy (non-hydrogen) atoms. The number of rotatable bonds is 6. The van der Waals surface area contributed by atoms with Gasteiger partial charge in [0.25, 0.3) is 0 Å². The highest BCUT2D eigenvalue weighted by Gasteiger charge is 2.05. The molecule has 0 amide bonds. The molecular formula is C12H22N2S. The first-order valence-corrected chi connectivity index (χ1v) is 6.69. The van der Waals surface area contributed by atoms with Crippen LogP contribution in [0.1, 0.15) is 50.7 Å². The Morgan fingerprint density at radius 1 is 1.40 bits per heavy atom. The Balaban J connectivity index is 2.31. The summed E-state index contributed by atoms with van der Waals surface area (Å²) in [5, 5.41) is 6.93. The van der Waals surface area contributed by atoms with E-state index < -0.39 is 0 Å². The number of aromatic nitrogens is 1. The molecule has 1 N–H and O–H groups in total. The maximum absolute atomic E-state index is 4.61. The van der Waals surface area contributed by atoms with Gasteiger partial charge in [0.1, 0.15) is 0 Å². The fourth-order valence-electron chi connectivity index (χ4n) is 1.29. The molecule has 0 aromatic carbocycles. The van der Waals surface area contributed by atoms with Crippen LogP contribution in [-0.4, -0.2) is 17.6 Å². The van der Waals surface area contributed by atoms with Crippen LogP contribution in [0.3, 0.4) is 0 Å². The highest BCUT2D eigenvalue weighted by atomic mass is 32.1. The molecule has 1 aromatic heterocycles. The van der Waals surface area contributed by atoms with E-state index in [1.165, 1.54) is 17.1 Å². The van der Waals surface area contributed by atoms with Crippen molar-refractivity contribution in [3.8, 4) is 0 Å². The second kappa shape index (κ2) is 6.23. The van der Waals surface area contributed by atoms with Crippen LogP contribution in [0, 0.1) is 0 Å². The van der Waals surface area contributed by atoms with Crippen molar-refractivity contribution in [1.29, 1.82) is 0 Å². The Morgan fingerprint density at radius 2 is 2.13 bits per heavy atom. The number of hydrogen-bond acceptors (Lipinski definition) is 3. The average Bonchev–Trinajstić information content (AvgIpc) is 2.66. The van der Waals surface area contributed by atoms with Crippen LogP contribution in [0.15, 0.2) is 5.38 Å². The molecule has 86 valence electrons. The molecule has 0 radical (unpaired) electrons. The smallest absolute Gasteiger partial charge is 0.0953 e. The van der Waals surface area contributed by atoms with Gasteiger partial charge in [-0.25, -0.2) is 4.98 Å². The molecule has 0 fully saturated rings. The highest BCUT2D eigenvalue weighted by molar-refractivity contribution is 7.09. The standard InChI is InChI=1S/C12H22N2S/c1-5-10(4)13-7-6-11-8-15-12(14-11)9(2)3/h8-10,13H,5-7H2,1-4H3. The molecular weight excluding hydrogens is 204 g/mol. The molecule has 0 bridgehead atoms. The third-order valence-corrected chi connectivity index (χ3v) is 3.74. The van der Waals surface area contributed by atoms with Crippen molar-refractivity contribution >= 4 is 11.3 Å². The van der Waals surface area contributed by atoms with Crippen LogP contribution >= 0.6 is 11.3 Å². The molecule has 0 saturated carbocycles. The second-order valence-electron chi connectivity index (χ2n) is 4.35. The van der Waals surface area contributed by atoms with E-state index in [9.17, 15) is 0 Å². The van der Waals surface area contributed by atoms with Gasteiger partial charge in [-0.1, -0.05) is 20.8 Å². The lowest BCUT2D eigenvalue weighted by Crippen LogP contribution is -2.27. The zero-order valence-electron chi connectivity index (χ0n) is 10.2. The molecule has 1 heterocycles. The lowest BCUT2D eigenvalue weighted by atomic mass is 10.2. The third-order valence-electron chi connectivity index (χ3n) is 2.55. The molecule has 1 rings (SSSR count). The van der Waals surface area contributed by atoms with Crippen molar-refractivity contribution in [2.75, 3.05) is 6.54 Å². The van der Waals surface area contributed by atoms with Crippen LogP contribution in [0.25, 0.3) is 0 Å². The first kappa shape index (κ1) is 12.7. The Labute approximate surface area is 97.1 Å². The molecule has 1 unspecified atom stereocenters. The summed E-state index contributed by atoms with van der Waals surface area (Å²) in [6, 6.07) is 0.619. The number of hydrogen-bond donors (Lipinski definition) is 1. The van der Waals surface area contributed by atoms with Crippen LogP contribution in [0.5, 0.6) is 0 Å². The van der Waals surface area contributed by atoms with Crippen molar-refractivity contribution in [3.05, 3.63) is 16.1 Å². The third kappa shape index (κ3) is 4.31. The maximum Gasteiger partial charge on any atom is 0.0953 e. The Hall–Kier alpha value is -0.410. The fraction of sp³-hybridized carbons (Fsp3) is 0.750. The van der Waals surface area contributed by atoms with Crippen LogP contribution in [-0.2, 0) is 6.42 Å². The van der Waals surface area contributed by atoms with Crippen LogP contribution in [0.2, 0.25) is 0 Å². The van der Waals surface area contributed by atoms with E-state index in [1.54, 1.807) is 11.3 Å². The Bertz CT molecular complexity index is 281. The van der Waals surface area contributed by atoms with E-state index in [1.807, 2.05) is 0 Å². The number of nitrogens with zero attached hydrogens (tertiary/aromatic N) is 1. The van der Waals surface area contributed by atoms with Crippen LogP contribution in [0.4, 0.5) is 0 Å². The van der Waals surface area contributed by atoms with Gasteiger partial charge >= 0.3 is 0 Å². The van der Waals surface area contributed by atoms with Gasteiger partial charge in [0.05, 0.1) is 10.7 Å². The largest absolute Gasteiger partial charge is 0.314 e. The molecule has 0 aliphatic rings. The van der Waals surface area contributed by atoms with Gasteiger partial charge in [0.2, 0.25) is 0 Å². The van der Waals surface area contributed by atoms with Crippen molar-refractivity contribution in [2.45, 2.75) is 52.5 Å². The van der Waals surface area contributed by atoms with Crippen molar-refractivity contribution in [2.24, 2.45) is 0 Å². The summed E-state index contributed by atoms with van der Waals surface area (Å²) >= 11 is 1.78. The summed E-state index contributed by atoms with van der Waals surface area (Å²) in [6.07, 6.45) is 2.24. The first-order chi connectivity index (χ1) is 7.13. The first-order valence-electron chi connectivity index (χ1n) is 5.81. The van der Waals surface area contributed by atoms with Gasteiger partial charge in [-0.15, -0.1) is 11.3 Å². The minimum absolute atomic E-state index is 0.561. The van der Waals surface area contributed by atoms with Gasteiger partial charge in [-0.05, 0) is 13.3 Å². The molecule has 1 aromatic rings. The van der Waals surface area contributed by atoms with Crippen molar-refractivity contribution in [3.63, 3.8) is 0 Å². The summed E-state index contributed by atoms with van der Waals surface area (Å²) in [4.78, 5) is 4.61. The molecule has 0 saturated heterocycles. The SMILES string of the molecule is CCC(C)NCCc1csc(C(C)C)n1. The average molecular weight is 226 g/mol. The van der Waals surface area contributed by atoms with E-state index in [0.29, 0.717) is 12.0 Å². The van der Waals surface area contributed by atoms with Gasteiger partial charge in [-0.3, -0.25) is 0 Å². The van der Waals surface area contributed by atoms with Crippen molar-refractivity contribution < 1.29 is 0 Å². The zero-order chi connectivity index (χ0) is 11.3. The molecule has 0 aliphatic heterocycles. The normalized spacial score (nSPS) is 13.4. The van der Waals surface area contributed by atoms with Gasteiger partial charge in [-0.2, -0.15) is 0 Å². The lowest BCUT2D eigenvalue weighted by molar-refractivity contribution is 0.535. The molecule has 1 atom stereocenters. The molecule has 0 aliphatic carbocycles. The minimum atomic E-state index is 0.561. The molecule has 3 heteroatoms. The van der Waals surface area contributed by atoms with E-state index in [4.69, 9.17) is 0 Å². The maximum atomic E-state index is 4.61. The summed E-state index contributed by atoms with van der Waals surface area (Å²) in [6.45, 7) is 9.86. The van der Waals surface area contributed by atoms with E-state index in [-0.39, 0.29) is 0 Å². The summed E-state index contributed by atoms with van der Waals surface area (Å²) in [7, 11) is 0. The van der Waals surface area contributed by atoms with E-state index >= 15 is 0 Å². The minimum Gasteiger partial charge on any atom is -0.314 e. The quantitative estimate of drug-likeness (QED) is 0.806. The van der Waals surface area contributed by atoms with Gasteiger partial charge in [0.15, 0.2) is 0 Å². The van der Waals surface area contributed by atoms with E-state index in [0.717, 1.165) is 13.0 Å². The lowest BCUT2D eigenvalue weighted by Gasteiger charge is -2.09. The summed E-state index contributed by atoms with van der Waals surface area (Å²) < 4.78 is 0. The molecule has 0 spiro atoms. The Kier molecular flexibility index (Phi) is 5.26. The van der Waals surface area contributed by atoms with E-state index in [2.05, 4.69) is 43.4 Å². The van der Waals surface area contributed by atoms with Gasteiger partial charge in [0, 0.05) is 30.3 Å². The number of nitrogens with one attached hydrogen (secondary N) is 1. The molecule has 2 nitrogen and oxygen atoms in total. The topological polar surface area (TPSA) is 24.9 Å². The second-order valence-corrected chi connectivity index (χ2v) is 5.23. The van der Waals surface area contributed by atoms with Gasteiger partial charge < -0.3 is 5.32 Å². The van der Waals surface area contributed by atoms with Crippen molar-refractivity contribution in [1.82, 2.24) is 10.3 Å². The summed E-state index contributed by atoms with van der Waals surface area (Å²) in [5.41, 5.74) is 1.24. The summed E-state index contributed by atoms with van der Waals surface area (Å²) in [5.74, 6) is 0.561. The monoisotopic (exact) mass is 226 g/mol.